The third kappa shape index (κ3) is 4.09. The molecule has 0 N–H and O–H groups in total. The number of ketones is 1. The van der Waals surface area contributed by atoms with Gasteiger partial charge in [0.25, 0.3) is 0 Å². The van der Waals surface area contributed by atoms with Gasteiger partial charge in [-0.25, -0.2) is 13.2 Å². The maximum absolute atomic E-state index is 13.7. The van der Waals surface area contributed by atoms with Crippen LogP contribution >= 0.6 is 0 Å². The Bertz CT molecular complexity index is 1350. The van der Waals surface area contributed by atoms with Crippen molar-refractivity contribution < 1.29 is 22.7 Å². The van der Waals surface area contributed by atoms with Gasteiger partial charge >= 0.3 is 5.97 Å². The Morgan fingerprint density at radius 2 is 1.91 bits per heavy atom. The number of carbonyl (C=O) groups is 2. The lowest BCUT2D eigenvalue weighted by molar-refractivity contribution is 0.0588. The summed E-state index contributed by atoms with van der Waals surface area (Å²) < 4.78 is 35.0. The zero-order valence-corrected chi connectivity index (χ0v) is 20.1. The Hall–Kier alpha value is -3.30. The third-order valence-electron chi connectivity index (χ3n) is 5.86. The van der Waals surface area contributed by atoms with Gasteiger partial charge in [-0.05, 0) is 38.5 Å². The van der Waals surface area contributed by atoms with E-state index in [1.54, 1.807) is 49.7 Å². The molecular weight excluding hydrogens is 442 g/mol. The van der Waals surface area contributed by atoms with Crippen molar-refractivity contribution in [2.45, 2.75) is 31.7 Å². The summed E-state index contributed by atoms with van der Waals surface area (Å²) in [4.78, 5) is 30.1. The first-order chi connectivity index (χ1) is 15.6. The van der Waals surface area contributed by atoms with E-state index in [0.717, 1.165) is 4.31 Å². The molecule has 0 fully saturated rings. The van der Waals surface area contributed by atoms with Crippen molar-refractivity contribution in [1.29, 1.82) is 0 Å². The molecule has 0 aliphatic heterocycles. The molecule has 9 heteroatoms. The van der Waals surface area contributed by atoms with Gasteiger partial charge in [-0.1, -0.05) is 24.3 Å². The summed E-state index contributed by atoms with van der Waals surface area (Å²) in [5.74, 6) is -0.989. The Kier molecular flexibility index (Phi) is 6.85. The molecule has 0 radical (unpaired) electrons. The molecule has 2 aromatic heterocycles. The Morgan fingerprint density at radius 1 is 1.24 bits per heavy atom. The van der Waals surface area contributed by atoms with Crippen molar-refractivity contribution in [3.63, 3.8) is 0 Å². The van der Waals surface area contributed by atoms with Gasteiger partial charge in [0.05, 0.1) is 18.7 Å². The zero-order valence-electron chi connectivity index (χ0n) is 19.3. The Labute approximate surface area is 193 Å². The van der Waals surface area contributed by atoms with E-state index in [9.17, 15) is 18.0 Å². The second-order valence-electron chi connectivity index (χ2n) is 7.72. The molecule has 0 amide bonds. The number of fused-ring (bicyclic) bond motifs is 1. The molecule has 0 spiro atoms. The van der Waals surface area contributed by atoms with Crippen LogP contribution in [-0.4, -0.2) is 53.7 Å². The van der Waals surface area contributed by atoms with Crippen LogP contribution in [-0.2, 0) is 21.8 Å². The van der Waals surface area contributed by atoms with Crippen LogP contribution in [0.3, 0.4) is 0 Å². The molecule has 0 saturated carbocycles. The number of hydrogen-bond donors (Lipinski definition) is 0. The van der Waals surface area contributed by atoms with E-state index < -0.39 is 27.8 Å². The average molecular weight is 470 g/mol. The first kappa shape index (κ1) is 24.3. The normalized spacial score (nSPS) is 12.7. The molecule has 174 valence electrons. The number of methoxy groups -OCH3 is 1. The molecule has 0 saturated heterocycles. The molecule has 33 heavy (non-hydrogen) atoms. The van der Waals surface area contributed by atoms with Crippen molar-refractivity contribution >= 4 is 32.7 Å². The highest BCUT2D eigenvalue weighted by molar-refractivity contribution is 7.89. The van der Waals surface area contributed by atoms with Crippen molar-refractivity contribution in [2.75, 3.05) is 13.7 Å². The van der Waals surface area contributed by atoms with Gasteiger partial charge in [-0.2, -0.15) is 4.31 Å². The smallest absolute Gasteiger partial charge is 0.354 e. The van der Waals surface area contributed by atoms with Crippen molar-refractivity contribution in [3.8, 4) is 0 Å². The van der Waals surface area contributed by atoms with Gasteiger partial charge in [0, 0.05) is 36.4 Å². The number of nitrogens with zero attached hydrogens (tertiary/aromatic N) is 3. The summed E-state index contributed by atoms with van der Waals surface area (Å²) in [5.41, 5.74) is 1.87. The molecule has 2 heterocycles. The monoisotopic (exact) mass is 469 g/mol. The van der Waals surface area contributed by atoms with Crippen molar-refractivity contribution in [2.24, 2.45) is 7.05 Å². The molecule has 3 aromatic rings. The molecule has 1 atom stereocenters. The van der Waals surface area contributed by atoms with Crippen LogP contribution in [0.2, 0.25) is 0 Å². The van der Waals surface area contributed by atoms with E-state index in [1.165, 1.54) is 32.4 Å². The SMILES string of the molecule is C=CCN(C(C)C(=O)c1c(C)c(C(=O)OC)n(C)c1C)S(=O)(=O)c1cccc2cccnc12. The van der Waals surface area contributed by atoms with Gasteiger partial charge in [-0.15, -0.1) is 6.58 Å². The number of esters is 1. The number of ether oxygens (including phenoxy) is 1. The second-order valence-corrected chi connectivity index (χ2v) is 9.58. The highest BCUT2D eigenvalue weighted by atomic mass is 32.2. The van der Waals surface area contributed by atoms with Crippen LogP contribution in [0.25, 0.3) is 10.9 Å². The van der Waals surface area contributed by atoms with Crippen LogP contribution in [0, 0.1) is 13.8 Å². The molecule has 0 bridgehead atoms. The number of carbonyl (C=O) groups excluding carboxylic acids is 2. The number of hydrogen-bond acceptors (Lipinski definition) is 6. The molecule has 8 nitrogen and oxygen atoms in total. The molecule has 0 aliphatic rings. The zero-order chi connectivity index (χ0) is 24.5. The second kappa shape index (κ2) is 9.29. The summed E-state index contributed by atoms with van der Waals surface area (Å²) in [6, 6.07) is 7.34. The first-order valence-corrected chi connectivity index (χ1v) is 11.8. The van der Waals surface area contributed by atoms with E-state index >= 15 is 0 Å². The highest BCUT2D eigenvalue weighted by Crippen LogP contribution is 2.29. The van der Waals surface area contributed by atoms with Crippen LogP contribution in [0.5, 0.6) is 0 Å². The number of rotatable bonds is 8. The minimum absolute atomic E-state index is 0.0128. The fourth-order valence-corrected chi connectivity index (χ4v) is 5.80. The minimum Gasteiger partial charge on any atom is -0.464 e. The van der Waals surface area contributed by atoms with E-state index in [4.69, 9.17) is 4.74 Å². The number of benzene rings is 1. The summed E-state index contributed by atoms with van der Waals surface area (Å²) in [5, 5.41) is 0.675. The maximum atomic E-state index is 13.7. The topological polar surface area (TPSA) is 98.6 Å². The lowest BCUT2D eigenvalue weighted by Crippen LogP contribution is -2.43. The van der Waals surface area contributed by atoms with Gasteiger partial charge in [0.2, 0.25) is 10.0 Å². The predicted molar refractivity (Wildman–Crippen MR) is 126 cm³/mol. The molecule has 3 rings (SSSR count). The Morgan fingerprint density at radius 3 is 2.55 bits per heavy atom. The van der Waals surface area contributed by atoms with E-state index in [-0.39, 0.29) is 17.1 Å². The van der Waals surface area contributed by atoms with Gasteiger partial charge in [-0.3, -0.25) is 9.78 Å². The predicted octanol–water partition coefficient (Wildman–Crippen LogP) is 3.42. The number of aromatic nitrogens is 2. The lowest BCUT2D eigenvalue weighted by Gasteiger charge is -2.27. The minimum atomic E-state index is -4.11. The summed E-state index contributed by atoms with van der Waals surface area (Å²) in [6.45, 7) is 8.49. The quantitative estimate of drug-likeness (QED) is 0.285. The lowest BCUT2D eigenvalue weighted by atomic mass is 10.0. The van der Waals surface area contributed by atoms with Crippen LogP contribution in [0.15, 0.2) is 54.1 Å². The van der Waals surface area contributed by atoms with Crippen LogP contribution in [0.1, 0.15) is 39.0 Å². The van der Waals surface area contributed by atoms with Crippen LogP contribution in [0.4, 0.5) is 0 Å². The maximum Gasteiger partial charge on any atom is 0.354 e. The molecule has 1 aromatic carbocycles. The number of sulfonamides is 1. The fourth-order valence-electron chi connectivity index (χ4n) is 4.07. The van der Waals surface area contributed by atoms with E-state index in [2.05, 4.69) is 11.6 Å². The van der Waals surface area contributed by atoms with E-state index in [1.807, 2.05) is 0 Å². The van der Waals surface area contributed by atoms with Gasteiger partial charge in [0.1, 0.15) is 10.6 Å². The van der Waals surface area contributed by atoms with Gasteiger partial charge in [0.15, 0.2) is 5.78 Å². The standard InChI is InChI=1S/C24H27N3O5S/c1-7-14-27(33(30,31)19-12-8-10-18-11-9-13-25-21(18)19)17(4)23(28)20-15(2)22(24(29)32-6)26(5)16(20)3/h7-13,17H,1,14H2,2-6H3. The Balaban J connectivity index is 2.12. The first-order valence-electron chi connectivity index (χ1n) is 10.3. The summed E-state index contributed by atoms with van der Waals surface area (Å²) >= 11 is 0. The summed E-state index contributed by atoms with van der Waals surface area (Å²) in [6.07, 6.45) is 2.96. The van der Waals surface area contributed by atoms with Gasteiger partial charge < -0.3 is 9.30 Å². The van der Waals surface area contributed by atoms with Crippen LogP contribution < -0.4 is 0 Å². The number of pyridine rings is 1. The number of para-hydroxylation sites is 1. The third-order valence-corrected chi connectivity index (χ3v) is 7.83. The summed E-state index contributed by atoms with van der Waals surface area (Å²) in [7, 11) is -1.18. The molecular formula is C24H27N3O5S. The molecule has 1 unspecified atom stereocenters. The van der Waals surface area contributed by atoms with E-state index in [0.29, 0.717) is 27.7 Å². The molecule has 0 aliphatic carbocycles. The largest absolute Gasteiger partial charge is 0.464 e. The fraction of sp³-hybridized carbons (Fsp3) is 0.292. The average Bonchev–Trinajstić information content (AvgIpc) is 3.03. The number of Topliss-reactive ketones (excluding diaryl/α,β-unsaturated/α-hetero) is 1. The van der Waals surface area contributed by atoms with Crippen molar-refractivity contribution in [3.05, 3.63) is 71.7 Å². The van der Waals surface area contributed by atoms with Crippen molar-refractivity contribution in [1.82, 2.24) is 13.9 Å². The highest BCUT2D eigenvalue weighted by Gasteiger charge is 2.36.